The number of rotatable bonds is 6. The van der Waals surface area contributed by atoms with E-state index in [1.54, 1.807) is 12.1 Å². The predicted octanol–water partition coefficient (Wildman–Crippen LogP) is 1.01. The first kappa shape index (κ1) is 16.8. The van der Waals surface area contributed by atoms with Gasteiger partial charge < -0.3 is 10.5 Å². The number of nitriles is 1. The van der Waals surface area contributed by atoms with Crippen LogP contribution in [0.1, 0.15) is 12.5 Å². The Morgan fingerprint density at radius 1 is 1.41 bits per heavy atom. The predicted molar refractivity (Wildman–Crippen MR) is 75.3 cm³/mol. The molecule has 0 fully saturated rings. The molecule has 1 aromatic carbocycles. The Bertz CT molecular complexity index is 684. The van der Waals surface area contributed by atoms with E-state index < -0.39 is 23.3 Å². The number of Topliss-reactive ketones (excluding diaryl/α,β-unsaturated/α-hetero) is 1. The molecule has 0 amide bonds. The first-order valence-electron chi connectivity index (χ1n) is 6.14. The van der Waals surface area contributed by atoms with E-state index in [2.05, 4.69) is 0 Å². The molecule has 22 heavy (non-hydrogen) atoms. The second kappa shape index (κ2) is 7.54. The topological polar surface area (TPSA) is 136 Å². The molecule has 0 bridgehead atoms. The van der Waals surface area contributed by atoms with Crippen LogP contribution in [-0.4, -0.2) is 23.3 Å². The maximum absolute atomic E-state index is 11.6. The number of nitro groups is 1. The Balaban J connectivity index is 2.70. The molecule has 114 valence electrons. The minimum Gasteiger partial charge on any atom is -0.457 e. The number of nitrogens with two attached hydrogens (primary N) is 1. The van der Waals surface area contributed by atoms with E-state index >= 15 is 0 Å². The van der Waals surface area contributed by atoms with E-state index in [9.17, 15) is 19.7 Å². The van der Waals surface area contributed by atoms with Crippen LogP contribution in [0.5, 0.6) is 0 Å². The average molecular weight is 303 g/mol. The summed E-state index contributed by atoms with van der Waals surface area (Å²) in [5.41, 5.74) is 5.07. The summed E-state index contributed by atoms with van der Waals surface area (Å²) in [7, 11) is 0. The first-order chi connectivity index (χ1) is 10.4. The van der Waals surface area contributed by atoms with Crippen LogP contribution >= 0.6 is 0 Å². The van der Waals surface area contributed by atoms with Gasteiger partial charge in [-0.1, -0.05) is 18.2 Å². The van der Waals surface area contributed by atoms with Crippen LogP contribution < -0.4 is 5.73 Å². The van der Waals surface area contributed by atoms with E-state index in [1.807, 2.05) is 0 Å². The Kier molecular flexibility index (Phi) is 5.77. The van der Waals surface area contributed by atoms with Crippen molar-refractivity contribution in [1.82, 2.24) is 0 Å². The van der Waals surface area contributed by atoms with Crippen molar-refractivity contribution in [2.75, 3.05) is 6.61 Å². The van der Waals surface area contributed by atoms with Gasteiger partial charge >= 0.3 is 5.97 Å². The molecule has 8 nitrogen and oxygen atoms in total. The first-order valence-corrected chi connectivity index (χ1v) is 6.14. The lowest BCUT2D eigenvalue weighted by Gasteiger charge is -2.05. The van der Waals surface area contributed by atoms with Gasteiger partial charge in [-0.05, 0) is 6.92 Å². The molecular formula is C14H13N3O5. The van der Waals surface area contributed by atoms with E-state index in [0.717, 1.165) is 0 Å². The average Bonchev–Trinajstić information content (AvgIpc) is 2.45. The number of para-hydroxylation sites is 1. The van der Waals surface area contributed by atoms with Gasteiger partial charge in [0, 0.05) is 17.3 Å². The fourth-order valence-electron chi connectivity index (χ4n) is 1.63. The monoisotopic (exact) mass is 303 g/mol. The summed E-state index contributed by atoms with van der Waals surface area (Å²) in [6, 6.07) is 7.34. The van der Waals surface area contributed by atoms with Crippen molar-refractivity contribution in [3.63, 3.8) is 0 Å². The summed E-state index contributed by atoms with van der Waals surface area (Å²) >= 11 is 0. The molecule has 0 saturated heterocycles. The van der Waals surface area contributed by atoms with E-state index in [0.29, 0.717) is 0 Å². The number of carbonyl (C=O) groups is 2. The van der Waals surface area contributed by atoms with Crippen LogP contribution in [0, 0.1) is 21.4 Å². The fraction of sp³-hybridized carbons (Fsp3) is 0.214. The molecule has 8 heteroatoms. The van der Waals surface area contributed by atoms with Crippen molar-refractivity contribution in [1.29, 1.82) is 5.26 Å². The Labute approximate surface area is 125 Å². The Morgan fingerprint density at radius 3 is 2.59 bits per heavy atom. The zero-order valence-corrected chi connectivity index (χ0v) is 11.7. The molecule has 0 aliphatic carbocycles. The lowest BCUT2D eigenvalue weighted by atomic mass is 10.1. The zero-order chi connectivity index (χ0) is 16.7. The van der Waals surface area contributed by atoms with Gasteiger partial charge in [-0.3, -0.25) is 19.7 Å². The largest absolute Gasteiger partial charge is 0.457 e. The standard InChI is InChI=1S/C14H13N3O5/c1-9(16)11(7-15)13(18)8-22-14(19)6-10-4-2-3-5-12(10)17(20)21/h2-5H,6,8,16H2,1H3/b11-9+. The molecule has 0 aliphatic rings. The molecule has 1 rings (SSSR count). The van der Waals surface area contributed by atoms with E-state index in [1.165, 1.54) is 25.1 Å². The number of carbonyl (C=O) groups excluding carboxylic acids is 2. The van der Waals surface area contributed by atoms with Gasteiger partial charge in [0.2, 0.25) is 5.78 Å². The minimum atomic E-state index is -0.811. The highest BCUT2D eigenvalue weighted by molar-refractivity contribution is 6.01. The number of ketones is 1. The summed E-state index contributed by atoms with van der Waals surface area (Å²) in [4.78, 5) is 33.5. The number of esters is 1. The maximum atomic E-state index is 11.6. The second-order valence-corrected chi connectivity index (χ2v) is 4.32. The SMILES string of the molecule is C/C(N)=C(/C#N)C(=O)COC(=O)Cc1ccccc1[N+](=O)[O-]. The van der Waals surface area contributed by atoms with Gasteiger partial charge in [-0.25, -0.2) is 0 Å². The summed E-state index contributed by atoms with van der Waals surface area (Å²) in [6.07, 6.45) is -0.350. The van der Waals surface area contributed by atoms with Gasteiger partial charge in [-0.2, -0.15) is 5.26 Å². The smallest absolute Gasteiger partial charge is 0.310 e. The van der Waals surface area contributed by atoms with Gasteiger partial charge in [0.1, 0.15) is 11.6 Å². The van der Waals surface area contributed by atoms with Crippen LogP contribution in [0.3, 0.4) is 0 Å². The summed E-state index contributed by atoms with van der Waals surface area (Å²) in [5, 5.41) is 19.6. The van der Waals surface area contributed by atoms with Gasteiger partial charge in [-0.15, -0.1) is 0 Å². The van der Waals surface area contributed by atoms with Crippen molar-refractivity contribution in [2.45, 2.75) is 13.3 Å². The summed E-state index contributed by atoms with van der Waals surface area (Å²) < 4.78 is 4.72. The maximum Gasteiger partial charge on any atom is 0.310 e. The van der Waals surface area contributed by atoms with Crippen molar-refractivity contribution in [3.05, 3.63) is 51.2 Å². The lowest BCUT2D eigenvalue weighted by Crippen LogP contribution is -2.18. The third kappa shape index (κ3) is 4.42. The normalized spacial score (nSPS) is 11.1. The molecule has 1 aromatic rings. The van der Waals surface area contributed by atoms with Crippen molar-refractivity contribution >= 4 is 17.4 Å². The molecular weight excluding hydrogens is 290 g/mol. The molecule has 0 aliphatic heterocycles. The quantitative estimate of drug-likeness (QED) is 0.272. The third-order valence-electron chi connectivity index (χ3n) is 2.67. The lowest BCUT2D eigenvalue weighted by molar-refractivity contribution is -0.385. The number of ether oxygens (including phenoxy) is 1. The molecule has 2 N–H and O–H groups in total. The molecule has 0 spiro atoms. The Hall–Kier alpha value is -3.21. The van der Waals surface area contributed by atoms with E-state index in [-0.39, 0.29) is 28.9 Å². The summed E-state index contributed by atoms with van der Waals surface area (Å²) in [5.74, 6) is -1.53. The van der Waals surface area contributed by atoms with E-state index in [4.69, 9.17) is 15.7 Å². The number of nitrogens with zero attached hydrogens (tertiary/aromatic N) is 2. The molecule has 0 radical (unpaired) electrons. The molecule has 0 aromatic heterocycles. The van der Waals surface area contributed by atoms with Crippen LogP contribution in [0.15, 0.2) is 35.5 Å². The van der Waals surface area contributed by atoms with Gasteiger partial charge in [0.25, 0.3) is 5.69 Å². The number of hydrogen-bond donors (Lipinski definition) is 1. The van der Waals surface area contributed by atoms with Crippen LogP contribution in [0.2, 0.25) is 0 Å². The highest BCUT2D eigenvalue weighted by atomic mass is 16.6. The van der Waals surface area contributed by atoms with Gasteiger partial charge in [0.05, 0.1) is 11.3 Å². The molecule has 0 atom stereocenters. The Morgan fingerprint density at radius 2 is 2.05 bits per heavy atom. The van der Waals surface area contributed by atoms with Crippen molar-refractivity contribution in [2.24, 2.45) is 5.73 Å². The van der Waals surface area contributed by atoms with Crippen molar-refractivity contribution < 1.29 is 19.2 Å². The summed E-state index contributed by atoms with van der Waals surface area (Å²) in [6.45, 7) is 0.739. The highest BCUT2D eigenvalue weighted by Gasteiger charge is 2.18. The number of benzene rings is 1. The minimum absolute atomic E-state index is 0.0299. The van der Waals surface area contributed by atoms with Gasteiger partial charge in [0.15, 0.2) is 6.61 Å². The van der Waals surface area contributed by atoms with Crippen molar-refractivity contribution in [3.8, 4) is 6.07 Å². The highest BCUT2D eigenvalue weighted by Crippen LogP contribution is 2.18. The van der Waals surface area contributed by atoms with Crippen LogP contribution in [0.25, 0.3) is 0 Å². The van der Waals surface area contributed by atoms with Crippen LogP contribution in [-0.2, 0) is 20.7 Å². The number of allylic oxidation sites excluding steroid dienone is 1. The third-order valence-corrected chi connectivity index (χ3v) is 2.67. The fourth-order valence-corrected chi connectivity index (χ4v) is 1.63. The zero-order valence-electron chi connectivity index (χ0n) is 11.7. The molecule has 0 unspecified atom stereocenters. The molecule has 0 heterocycles. The number of nitro benzene ring substituents is 1. The number of hydrogen-bond acceptors (Lipinski definition) is 7. The molecule has 0 saturated carbocycles. The van der Waals surface area contributed by atoms with Crippen LogP contribution in [0.4, 0.5) is 5.69 Å². The second-order valence-electron chi connectivity index (χ2n) is 4.32.